The van der Waals surface area contributed by atoms with Gasteiger partial charge < -0.3 is 5.32 Å². The zero-order valence-electron chi connectivity index (χ0n) is 12.2. The normalized spacial score (nSPS) is 26.9. The van der Waals surface area contributed by atoms with Gasteiger partial charge in [0.1, 0.15) is 0 Å². The molecular weight excluding hydrogens is 258 g/mol. The van der Waals surface area contributed by atoms with Gasteiger partial charge in [-0.15, -0.1) is 0 Å². The van der Waals surface area contributed by atoms with E-state index in [2.05, 4.69) is 38.2 Å². The van der Waals surface area contributed by atoms with E-state index < -0.39 is 9.84 Å². The van der Waals surface area contributed by atoms with Gasteiger partial charge in [0.2, 0.25) is 0 Å². The lowest BCUT2D eigenvalue weighted by Gasteiger charge is -2.21. The molecule has 2 atom stereocenters. The van der Waals surface area contributed by atoms with Crippen LogP contribution in [-0.2, 0) is 9.84 Å². The lowest BCUT2D eigenvalue weighted by atomic mass is 9.94. The van der Waals surface area contributed by atoms with Gasteiger partial charge in [-0.25, -0.2) is 8.42 Å². The summed E-state index contributed by atoms with van der Waals surface area (Å²) in [7, 11) is -2.97. The Morgan fingerprint density at radius 1 is 1.11 bits per heavy atom. The van der Waals surface area contributed by atoms with Crippen LogP contribution in [0.3, 0.4) is 0 Å². The molecule has 0 spiro atoms. The first-order valence-corrected chi connectivity index (χ1v) is 8.62. The number of hydrogen-bond acceptors (Lipinski definition) is 3. The number of benzene rings is 1. The summed E-state index contributed by atoms with van der Waals surface area (Å²) < 4.78 is 24.2. The van der Waals surface area contributed by atoms with Gasteiger partial charge in [0, 0.05) is 6.04 Å². The number of sulfone groups is 1. The third-order valence-electron chi connectivity index (χ3n) is 3.76. The minimum Gasteiger partial charge on any atom is -0.309 e. The first-order chi connectivity index (χ1) is 8.78. The SMILES string of the molecule is Cc1cc(C)c(C2CS(=O)(=O)CC(C)CN2)c(C)c1. The van der Waals surface area contributed by atoms with Crippen molar-refractivity contribution < 1.29 is 8.42 Å². The van der Waals surface area contributed by atoms with Gasteiger partial charge in [-0.2, -0.15) is 0 Å². The second-order valence-corrected chi connectivity index (χ2v) is 8.11. The van der Waals surface area contributed by atoms with E-state index in [1.54, 1.807) is 0 Å². The summed E-state index contributed by atoms with van der Waals surface area (Å²) in [4.78, 5) is 0. The van der Waals surface area contributed by atoms with E-state index in [-0.39, 0.29) is 17.7 Å². The van der Waals surface area contributed by atoms with Crippen molar-refractivity contribution in [1.82, 2.24) is 5.32 Å². The van der Waals surface area contributed by atoms with Crippen LogP contribution >= 0.6 is 0 Å². The molecule has 4 heteroatoms. The molecule has 0 bridgehead atoms. The minimum atomic E-state index is -2.97. The molecule has 1 aromatic rings. The van der Waals surface area contributed by atoms with Gasteiger partial charge in [-0.3, -0.25) is 0 Å². The molecule has 0 saturated carbocycles. The summed E-state index contributed by atoms with van der Waals surface area (Å²) in [5.74, 6) is 0.684. The standard InChI is InChI=1S/C15H23NO2S/c1-10-5-12(3)15(13(4)6-10)14-9-19(17,18)8-11(2)7-16-14/h5-6,11,14,16H,7-9H2,1-4H3. The van der Waals surface area contributed by atoms with Gasteiger partial charge in [0.25, 0.3) is 0 Å². The third kappa shape index (κ3) is 3.37. The molecule has 2 rings (SSSR count). The Morgan fingerprint density at radius 2 is 1.68 bits per heavy atom. The van der Waals surface area contributed by atoms with Gasteiger partial charge in [0.05, 0.1) is 11.5 Å². The Kier molecular flexibility index (Phi) is 4.02. The highest BCUT2D eigenvalue weighted by atomic mass is 32.2. The molecule has 0 aliphatic carbocycles. The van der Waals surface area contributed by atoms with Crippen LogP contribution in [0.5, 0.6) is 0 Å². The summed E-state index contributed by atoms with van der Waals surface area (Å²) in [5.41, 5.74) is 4.74. The fraction of sp³-hybridized carbons (Fsp3) is 0.600. The van der Waals surface area contributed by atoms with E-state index in [0.717, 1.165) is 12.1 Å². The van der Waals surface area contributed by atoms with Gasteiger partial charge in [-0.05, 0) is 49.9 Å². The van der Waals surface area contributed by atoms with E-state index in [9.17, 15) is 8.42 Å². The number of nitrogens with one attached hydrogen (secondary N) is 1. The average molecular weight is 281 g/mol. The first-order valence-electron chi connectivity index (χ1n) is 6.80. The second kappa shape index (κ2) is 5.25. The van der Waals surface area contributed by atoms with Crippen LogP contribution in [0.4, 0.5) is 0 Å². The molecular formula is C15H23NO2S. The summed E-state index contributed by atoms with van der Waals surface area (Å²) in [6, 6.07) is 4.19. The molecule has 19 heavy (non-hydrogen) atoms. The fourth-order valence-electron chi connectivity index (χ4n) is 3.14. The maximum Gasteiger partial charge on any atom is 0.152 e. The Hall–Kier alpha value is -0.870. The molecule has 1 aliphatic heterocycles. The smallest absolute Gasteiger partial charge is 0.152 e. The molecule has 106 valence electrons. The highest BCUT2D eigenvalue weighted by Crippen LogP contribution is 2.27. The lowest BCUT2D eigenvalue weighted by molar-refractivity contribution is 0.515. The van der Waals surface area contributed by atoms with Gasteiger partial charge >= 0.3 is 0 Å². The van der Waals surface area contributed by atoms with Crippen molar-refractivity contribution in [2.24, 2.45) is 5.92 Å². The molecule has 2 unspecified atom stereocenters. The van der Waals surface area contributed by atoms with Crippen LogP contribution in [-0.4, -0.2) is 26.5 Å². The third-order valence-corrected chi connectivity index (χ3v) is 5.68. The maximum absolute atomic E-state index is 12.1. The van der Waals surface area contributed by atoms with E-state index in [0.29, 0.717) is 5.75 Å². The van der Waals surface area contributed by atoms with Crippen LogP contribution < -0.4 is 5.32 Å². The van der Waals surface area contributed by atoms with Crippen molar-refractivity contribution in [2.75, 3.05) is 18.1 Å². The molecule has 1 heterocycles. The zero-order chi connectivity index (χ0) is 14.2. The molecule has 0 amide bonds. The Labute approximate surface area is 116 Å². The van der Waals surface area contributed by atoms with Crippen molar-refractivity contribution in [2.45, 2.75) is 33.7 Å². The number of rotatable bonds is 1. The van der Waals surface area contributed by atoms with Crippen LogP contribution in [0.2, 0.25) is 0 Å². The number of hydrogen-bond donors (Lipinski definition) is 1. The van der Waals surface area contributed by atoms with Crippen LogP contribution in [0.25, 0.3) is 0 Å². The quantitative estimate of drug-likeness (QED) is 0.859. The largest absolute Gasteiger partial charge is 0.309 e. The van der Waals surface area contributed by atoms with Crippen molar-refractivity contribution in [3.05, 3.63) is 34.4 Å². The van der Waals surface area contributed by atoms with E-state index >= 15 is 0 Å². The highest BCUT2D eigenvalue weighted by Gasteiger charge is 2.28. The van der Waals surface area contributed by atoms with Crippen LogP contribution in [0.15, 0.2) is 12.1 Å². The minimum absolute atomic E-state index is 0.0736. The monoisotopic (exact) mass is 281 g/mol. The van der Waals surface area contributed by atoms with Gasteiger partial charge in [0.15, 0.2) is 9.84 Å². The predicted molar refractivity (Wildman–Crippen MR) is 79.2 cm³/mol. The molecule has 0 aromatic heterocycles. The molecule has 0 radical (unpaired) electrons. The van der Waals surface area contributed by atoms with Crippen molar-refractivity contribution in [3.63, 3.8) is 0 Å². The average Bonchev–Trinajstić information content (AvgIpc) is 2.34. The molecule has 1 aromatic carbocycles. The van der Waals surface area contributed by atoms with E-state index in [1.807, 2.05) is 6.92 Å². The van der Waals surface area contributed by atoms with Gasteiger partial charge in [-0.1, -0.05) is 24.6 Å². The first kappa shape index (κ1) is 14.5. The molecule has 1 saturated heterocycles. The van der Waals surface area contributed by atoms with E-state index in [4.69, 9.17) is 0 Å². The van der Waals surface area contributed by atoms with E-state index in [1.165, 1.54) is 16.7 Å². The van der Waals surface area contributed by atoms with Crippen molar-refractivity contribution in [3.8, 4) is 0 Å². The summed E-state index contributed by atoms with van der Waals surface area (Å²) in [6.07, 6.45) is 0. The highest BCUT2D eigenvalue weighted by molar-refractivity contribution is 7.91. The molecule has 1 aliphatic rings. The Morgan fingerprint density at radius 3 is 2.26 bits per heavy atom. The van der Waals surface area contributed by atoms with Crippen molar-refractivity contribution in [1.29, 1.82) is 0 Å². The van der Waals surface area contributed by atoms with Crippen molar-refractivity contribution >= 4 is 9.84 Å². The molecule has 1 N–H and O–H groups in total. The lowest BCUT2D eigenvalue weighted by Crippen LogP contribution is -2.27. The number of aryl methyl sites for hydroxylation is 3. The van der Waals surface area contributed by atoms with Crippen LogP contribution in [0, 0.1) is 26.7 Å². The molecule has 1 fully saturated rings. The Bertz CT molecular complexity index is 555. The zero-order valence-corrected chi connectivity index (χ0v) is 13.0. The summed E-state index contributed by atoms with van der Waals surface area (Å²) in [6.45, 7) is 8.96. The second-order valence-electron chi connectivity index (χ2n) is 5.96. The summed E-state index contributed by atoms with van der Waals surface area (Å²) >= 11 is 0. The Balaban J connectivity index is 2.41. The van der Waals surface area contributed by atoms with Crippen LogP contribution in [0.1, 0.15) is 35.2 Å². The summed E-state index contributed by atoms with van der Waals surface area (Å²) in [5, 5.41) is 3.43. The fourth-order valence-corrected chi connectivity index (χ4v) is 5.06. The topological polar surface area (TPSA) is 46.2 Å². The molecule has 3 nitrogen and oxygen atoms in total. The predicted octanol–water partition coefficient (Wildman–Crippen LogP) is 2.31. The maximum atomic E-state index is 12.1.